The standard InChI is InChI=1S/C22H27NO4S/c1-22(2,3)28(25,26)20-12-13-23(15-20)21(24)18-10-7-11-19(14-18)27-16-17-8-5-4-6-9-17/h4-11,14,20H,12-13,15-16H2,1-3H3/t20-/m1/s1. The summed E-state index contributed by atoms with van der Waals surface area (Å²) in [5, 5.41) is -0.506. The number of hydrogen-bond donors (Lipinski definition) is 0. The molecule has 0 aromatic heterocycles. The highest BCUT2D eigenvalue weighted by Gasteiger charge is 2.41. The average molecular weight is 402 g/mol. The van der Waals surface area contributed by atoms with Gasteiger partial charge in [-0.25, -0.2) is 8.42 Å². The van der Waals surface area contributed by atoms with Crippen molar-refractivity contribution in [3.05, 3.63) is 65.7 Å². The highest BCUT2D eigenvalue weighted by atomic mass is 32.2. The van der Waals surface area contributed by atoms with Crippen molar-refractivity contribution in [2.24, 2.45) is 0 Å². The molecule has 0 unspecified atom stereocenters. The molecule has 1 aliphatic rings. The number of rotatable bonds is 5. The summed E-state index contributed by atoms with van der Waals surface area (Å²) in [6, 6.07) is 16.9. The van der Waals surface area contributed by atoms with Crippen LogP contribution >= 0.6 is 0 Å². The van der Waals surface area contributed by atoms with Crippen molar-refractivity contribution in [2.45, 2.75) is 43.8 Å². The Balaban J connectivity index is 1.67. The molecule has 1 heterocycles. The van der Waals surface area contributed by atoms with Crippen molar-refractivity contribution < 1.29 is 17.9 Å². The quantitative estimate of drug-likeness (QED) is 0.766. The van der Waals surface area contributed by atoms with Crippen LogP contribution in [0.1, 0.15) is 43.1 Å². The van der Waals surface area contributed by atoms with E-state index in [1.54, 1.807) is 43.9 Å². The Hall–Kier alpha value is -2.34. The van der Waals surface area contributed by atoms with Gasteiger partial charge in [0.2, 0.25) is 0 Å². The second-order valence-electron chi connectivity index (χ2n) is 8.12. The normalized spacial score (nSPS) is 17.5. The lowest BCUT2D eigenvalue weighted by Crippen LogP contribution is -2.39. The third kappa shape index (κ3) is 4.38. The topological polar surface area (TPSA) is 63.7 Å². The molecule has 1 aliphatic heterocycles. The predicted octanol–water partition coefficient (Wildman–Crippen LogP) is 3.69. The Morgan fingerprint density at radius 2 is 1.82 bits per heavy atom. The van der Waals surface area contributed by atoms with Gasteiger partial charge in [-0.05, 0) is 51.0 Å². The van der Waals surface area contributed by atoms with Crippen LogP contribution in [0.25, 0.3) is 0 Å². The molecule has 1 amide bonds. The predicted molar refractivity (Wildman–Crippen MR) is 110 cm³/mol. The van der Waals surface area contributed by atoms with Gasteiger partial charge in [-0.3, -0.25) is 4.79 Å². The van der Waals surface area contributed by atoms with Gasteiger partial charge in [0.05, 0.1) is 10.00 Å². The molecule has 0 N–H and O–H groups in total. The Morgan fingerprint density at radius 3 is 2.50 bits per heavy atom. The fraction of sp³-hybridized carbons (Fsp3) is 0.409. The molecule has 2 aromatic rings. The van der Waals surface area contributed by atoms with Gasteiger partial charge in [0, 0.05) is 18.7 Å². The van der Waals surface area contributed by atoms with E-state index in [1.807, 2.05) is 36.4 Å². The molecule has 5 nitrogen and oxygen atoms in total. The first-order valence-corrected chi connectivity index (χ1v) is 11.0. The van der Waals surface area contributed by atoms with Gasteiger partial charge in [0.15, 0.2) is 9.84 Å². The summed E-state index contributed by atoms with van der Waals surface area (Å²) < 4.78 is 30.3. The maximum atomic E-state index is 12.9. The molecule has 0 radical (unpaired) electrons. The lowest BCUT2D eigenvalue weighted by atomic mass is 10.2. The SMILES string of the molecule is CC(C)(C)S(=O)(=O)[C@@H]1CCN(C(=O)c2cccc(OCc3ccccc3)c2)C1. The van der Waals surface area contributed by atoms with Crippen molar-refractivity contribution in [1.29, 1.82) is 0 Å². The highest BCUT2D eigenvalue weighted by Crippen LogP contribution is 2.28. The summed E-state index contributed by atoms with van der Waals surface area (Å²) in [5.41, 5.74) is 1.56. The van der Waals surface area contributed by atoms with E-state index in [-0.39, 0.29) is 12.5 Å². The van der Waals surface area contributed by atoms with Gasteiger partial charge < -0.3 is 9.64 Å². The van der Waals surface area contributed by atoms with Crippen molar-refractivity contribution in [1.82, 2.24) is 4.90 Å². The van der Waals surface area contributed by atoms with Gasteiger partial charge in [-0.1, -0.05) is 36.4 Å². The van der Waals surface area contributed by atoms with Gasteiger partial charge in [-0.2, -0.15) is 0 Å². The minimum atomic E-state index is -3.29. The fourth-order valence-electron chi connectivity index (χ4n) is 3.31. The molecule has 6 heteroatoms. The molecular weight excluding hydrogens is 374 g/mol. The average Bonchev–Trinajstić information content (AvgIpc) is 3.17. The van der Waals surface area contributed by atoms with Crippen LogP contribution in [0.3, 0.4) is 0 Å². The zero-order valence-electron chi connectivity index (χ0n) is 16.6. The van der Waals surface area contributed by atoms with Crippen LogP contribution < -0.4 is 4.74 Å². The van der Waals surface area contributed by atoms with Gasteiger partial charge in [0.1, 0.15) is 12.4 Å². The summed E-state index contributed by atoms with van der Waals surface area (Å²) in [7, 11) is -3.29. The summed E-state index contributed by atoms with van der Waals surface area (Å²) in [4.78, 5) is 14.5. The molecule has 3 rings (SSSR count). The number of hydrogen-bond acceptors (Lipinski definition) is 4. The van der Waals surface area contributed by atoms with Crippen molar-refractivity contribution in [3.63, 3.8) is 0 Å². The van der Waals surface area contributed by atoms with E-state index in [4.69, 9.17) is 4.74 Å². The van der Waals surface area contributed by atoms with E-state index in [0.29, 0.717) is 30.9 Å². The van der Waals surface area contributed by atoms with Crippen LogP contribution in [0.15, 0.2) is 54.6 Å². The maximum Gasteiger partial charge on any atom is 0.254 e. The van der Waals surface area contributed by atoms with Crippen LogP contribution in [-0.4, -0.2) is 42.3 Å². The fourth-order valence-corrected chi connectivity index (χ4v) is 5.10. The number of ether oxygens (including phenoxy) is 1. The van der Waals surface area contributed by atoms with Crippen LogP contribution in [0.4, 0.5) is 0 Å². The molecule has 2 aromatic carbocycles. The Labute approximate surface area is 167 Å². The lowest BCUT2D eigenvalue weighted by molar-refractivity contribution is 0.0792. The first kappa shape index (κ1) is 20.4. The van der Waals surface area contributed by atoms with E-state index < -0.39 is 19.8 Å². The van der Waals surface area contributed by atoms with Crippen molar-refractivity contribution >= 4 is 15.7 Å². The molecule has 150 valence electrons. The van der Waals surface area contributed by atoms with Gasteiger partial charge in [0.25, 0.3) is 5.91 Å². The monoisotopic (exact) mass is 401 g/mol. The largest absolute Gasteiger partial charge is 0.489 e. The Bertz CT molecular complexity index is 933. The first-order chi connectivity index (χ1) is 13.2. The molecule has 1 fully saturated rings. The van der Waals surface area contributed by atoms with E-state index in [9.17, 15) is 13.2 Å². The number of nitrogens with zero attached hydrogens (tertiary/aromatic N) is 1. The number of carbonyl (C=O) groups is 1. The van der Waals surface area contributed by atoms with Crippen LogP contribution in [0.2, 0.25) is 0 Å². The number of sulfone groups is 1. The zero-order chi connectivity index (χ0) is 20.4. The number of carbonyl (C=O) groups excluding carboxylic acids is 1. The van der Waals surface area contributed by atoms with Crippen molar-refractivity contribution in [3.8, 4) is 5.75 Å². The minimum absolute atomic E-state index is 0.156. The first-order valence-electron chi connectivity index (χ1n) is 9.48. The smallest absolute Gasteiger partial charge is 0.254 e. The maximum absolute atomic E-state index is 12.9. The lowest BCUT2D eigenvalue weighted by Gasteiger charge is -2.24. The second-order valence-corrected chi connectivity index (χ2v) is 11.1. The third-order valence-electron chi connectivity index (χ3n) is 5.05. The van der Waals surface area contributed by atoms with E-state index in [2.05, 4.69) is 0 Å². The van der Waals surface area contributed by atoms with Crippen LogP contribution in [-0.2, 0) is 16.4 Å². The van der Waals surface area contributed by atoms with Gasteiger partial charge >= 0.3 is 0 Å². The number of likely N-dealkylation sites (tertiary alicyclic amines) is 1. The summed E-state index contributed by atoms with van der Waals surface area (Å²) >= 11 is 0. The van der Waals surface area contributed by atoms with Crippen LogP contribution in [0.5, 0.6) is 5.75 Å². The Morgan fingerprint density at radius 1 is 1.11 bits per heavy atom. The summed E-state index contributed by atoms with van der Waals surface area (Å²) in [6.45, 7) is 6.25. The zero-order valence-corrected chi connectivity index (χ0v) is 17.4. The van der Waals surface area contributed by atoms with E-state index in [0.717, 1.165) is 5.56 Å². The number of amides is 1. The Kier molecular flexibility index (Phi) is 5.79. The molecule has 0 saturated carbocycles. The molecule has 0 spiro atoms. The molecular formula is C22H27NO4S. The molecule has 28 heavy (non-hydrogen) atoms. The van der Waals surface area contributed by atoms with E-state index >= 15 is 0 Å². The van der Waals surface area contributed by atoms with E-state index in [1.165, 1.54) is 0 Å². The van der Waals surface area contributed by atoms with Gasteiger partial charge in [-0.15, -0.1) is 0 Å². The molecule has 1 saturated heterocycles. The van der Waals surface area contributed by atoms with Crippen molar-refractivity contribution in [2.75, 3.05) is 13.1 Å². The minimum Gasteiger partial charge on any atom is -0.489 e. The summed E-state index contributed by atoms with van der Waals surface area (Å²) in [6.07, 6.45) is 0.482. The summed E-state index contributed by atoms with van der Waals surface area (Å²) in [5.74, 6) is 0.463. The highest BCUT2D eigenvalue weighted by molar-refractivity contribution is 7.93. The second kappa shape index (κ2) is 7.95. The number of benzene rings is 2. The molecule has 1 atom stereocenters. The molecule has 0 bridgehead atoms. The molecule has 0 aliphatic carbocycles. The van der Waals surface area contributed by atoms with Crippen LogP contribution in [0, 0.1) is 0 Å². The third-order valence-corrected chi connectivity index (χ3v) is 8.02.